The highest BCUT2D eigenvalue weighted by Crippen LogP contribution is 2.22. The third-order valence-corrected chi connectivity index (χ3v) is 4.64. The summed E-state index contributed by atoms with van der Waals surface area (Å²) in [7, 11) is -1.06. The number of methoxy groups -OCH3 is 2. The van der Waals surface area contributed by atoms with Crippen LogP contribution in [0, 0.1) is 0 Å². The summed E-state index contributed by atoms with van der Waals surface area (Å²) >= 11 is 0. The lowest BCUT2D eigenvalue weighted by molar-refractivity contribution is 0.353. The number of anilines is 3. The highest BCUT2D eigenvalue weighted by atomic mass is 32.2. The van der Waals surface area contributed by atoms with Crippen molar-refractivity contribution in [3.8, 4) is 11.9 Å². The number of hydrogen-bond donors (Lipinski definition) is 2. The Morgan fingerprint density at radius 2 is 1.81 bits per heavy atom. The van der Waals surface area contributed by atoms with Gasteiger partial charge in [-0.05, 0) is 30.3 Å². The summed E-state index contributed by atoms with van der Waals surface area (Å²) in [5, 5.41) is 3.01. The molecule has 2 heterocycles. The Morgan fingerprint density at radius 1 is 1.04 bits per heavy atom. The van der Waals surface area contributed by atoms with Gasteiger partial charge in [0.15, 0.2) is 11.7 Å². The van der Waals surface area contributed by atoms with Gasteiger partial charge in [0.1, 0.15) is 0 Å². The number of nitrogens with zero attached hydrogens (tertiary/aromatic N) is 2. The van der Waals surface area contributed by atoms with Crippen LogP contribution in [0.25, 0.3) is 0 Å². The van der Waals surface area contributed by atoms with E-state index in [1.165, 1.54) is 38.7 Å². The van der Waals surface area contributed by atoms with Crippen LogP contribution < -0.4 is 19.5 Å². The summed E-state index contributed by atoms with van der Waals surface area (Å²) in [5.74, 6) is 0.762. The largest absolute Gasteiger partial charge is 0.481 e. The number of nitrogens with one attached hydrogen (secondary N) is 2. The smallest absolute Gasteiger partial charge is 0.321 e. The minimum atomic E-state index is -3.84. The van der Waals surface area contributed by atoms with E-state index in [1.807, 2.05) is 0 Å². The van der Waals surface area contributed by atoms with Crippen LogP contribution in [0.2, 0.25) is 0 Å². The molecule has 0 radical (unpaired) electrons. The summed E-state index contributed by atoms with van der Waals surface area (Å²) in [6.07, 6.45) is 1.54. The first-order valence-electron chi connectivity index (χ1n) is 7.40. The minimum absolute atomic E-state index is 0.0138. The third-order valence-electron chi connectivity index (χ3n) is 3.27. The summed E-state index contributed by atoms with van der Waals surface area (Å²) in [6, 6.07) is 11.0. The molecule has 10 heteroatoms. The fraction of sp³-hybridized carbons (Fsp3) is 0.125. The van der Waals surface area contributed by atoms with Crippen molar-refractivity contribution >= 4 is 27.4 Å². The normalized spacial score (nSPS) is 11.0. The number of rotatable bonds is 7. The molecule has 2 aromatic heterocycles. The zero-order chi connectivity index (χ0) is 18.6. The molecule has 0 amide bonds. The van der Waals surface area contributed by atoms with Gasteiger partial charge in [0.05, 0.1) is 25.4 Å². The molecule has 0 saturated heterocycles. The first-order valence-corrected chi connectivity index (χ1v) is 8.89. The van der Waals surface area contributed by atoms with Crippen LogP contribution in [0.5, 0.6) is 11.9 Å². The van der Waals surface area contributed by atoms with Gasteiger partial charge in [-0.2, -0.15) is 9.97 Å². The monoisotopic (exact) mass is 376 g/mol. The molecular weight excluding hydrogens is 360 g/mol. The Kier molecular flexibility index (Phi) is 4.94. The third kappa shape index (κ3) is 4.03. The van der Waals surface area contributed by atoms with Gasteiger partial charge in [-0.15, -0.1) is 0 Å². The van der Waals surface area contributed by atoms with Crippen LogP contribution in [0.4, 0.5) is 17.4 Å². The quantitative estimate of drug-likeness (QED) is 0.646. The summed E-state index contributed by atoms with van der Waals surface area (Å²) in [4.78, 5) is 7.93. The van der Waals surface area contributed by atoms with Crippen LogP contribution >= 0.6 is 0 Å². The number of furan rings is 1. The predicted octanol–water partition coefficient (Wildman–Crippen LogP) is 2.63. The fourth-order valence-corrected chi connectivity index (χ4v) is 3.05. The van der Waals surface area contributed by atoms with Gasteiger partial charge in [0.2, 0.25) is 5.88 Å². The van der Waals surface area contributed by atoms with Crippen LogP contribution in [0.1, 0.15) is 0 Å². The number of ether oxygens (including phenoxy) is 2. The molecule has 26 heavy (non-hydrogen) atoms. The lowest BCUT2D eigenvalue weighted by atomic mass is 10.3. The first-order chi connectivity index (χ1) is 12.5. The van der Waals surface area contributed by atoms with Crippen molar-refractivity contribution in [1.82, 2.24) is 9.97 Å². The van der Waals surface area contributed by atoms with Crippen molar-refractivity contribution in [3.63, 3.8) is 0 Å². The lowest BCUT2D eigenvalue weighted by Crippen LogP contribution is -2.14. The standard InChI is InChI=1S/C16H16N4O5S/c1-23-15-10-13(18-16(19-15)24-2)20-26(21,22)12-7-5-11(6-8-12)17-14-4-3-9-25-14/h3-10,17H,1-2H3,(H,18,19,20). The van der Waals surface area contributed by atoms with Crippen LogP contribution in [0.3, 0.4) is 0 Å². The van der Waals surface area contributed by atoms with Crippen LogP contribution in [-0.2, 0) is 10.0 Å². The molecule has 136 valence electrons. The fourth-order valence-electron chi connectivity index (χ4n) is 2.06. The second-order valence-corrected chi connectivity index (χ2v) is 6.70. The molecule has 0 aliphatic rings. The van der Waals surface area contributed by atoms with Gasteiger partial charge in [-0.1, -0.05) is 0 Å². The van der Waals surface area contributed by atoms with Gasteiger partial charge >= 0.3 is 6.01 Å². The average molecular weight is 376 g/mol. The minimum Gasteiger partial charge on any atom is -0.481 e. The first kappa shape index (κ1) is 17.5. The number of benzene rings is 1. The predicted molar refractivity (Wildman–Crippen MR) is 94.4 cm³/mol. The molecule has 0 atom stereocenters. The maximum atomic E-state index is 12.5. The number of hydrogen-bond acceptors (Lipinski definition) is 8. The highest BCUT2D eigenvalue weighted by molar-refractivity contribution is 7.92. The Labute approximate surface area is 150 Å². The molecule has 0 fully saturated rings. The number of aromatic nitrogens is 2. The molecule has 0 aliphatic carbocycles. The van der Waals surface area contributed by atoms with Crippen LogP contribution in [0.15, 0.2) is 58.0 Å². The molecular formula is C16H16N4O5S. The zero-order valence-corrected chi connectivity index (χ0v) is 14.8. The van der Waals surface area contributed by atoms with E-state index in [0.717, 1.165) is 0 Å². The molecule has 0 spiro atoms. The second kappa shape index (κ2) is 7.31. The van der Waals surface area contributed by atoms with Gasteiger partial charge in [-0.3, -0.25) is 4.72 Å². The van der Waals surface area contributed by atoms with Crippen molar-refractivity contribution in [2.75, 3.05) is 24.3 Å². The summed E-state index contributed by atoms with van der Waals surface area (Å²) in [5.41, 5.74) is 0.685. The summed E-state index contributed by atoms with van der Waals surface area (Å²) in [6.45, 7) is 0. The molecule has 0 saturated carbocycles. The maximum absolute atomic E-state index is 12.5. The molecule has 0 bridgehead atoms. The Bertz CT molecular complexity index is 950. The van der Waals surface area contributed by atoms with E-state index in [-0.39, 0.29) is 22.6 Å². The SMILES string of the molecule is COc1cc(NS(=O)(=O)c2ccc(Nc3ccco3)cc2)nc(OC)n1. The van der Waals surface area contributed by atoms with Gasteiger partial charge in [-0.25, -0.2) is 8.42 Å². The molecule has 0 unspecified atom stereocenters. The van der Waals surface area contributed by atoms with E-state index in [1.54, 1.807) is 24.3 Å². The van der Waals surface area contributed by atoms with E-state index in [2.05, 4.69) is 20.0 Å². The van der Waals surface area contributed by atoms with E-state index >= 15 is 0 Å². The molecule has 3 aromatic rings. The Balaban J connectivity index is 1.79. The molecule has 2 N–H and O–H groups in total. The molecule has 0 aliphatic heterocycles. The number of sulfonamides is 1. The van der Waals surface area contributed by atoms with Crippen molar-refractivity contribution in [2.45, 2.75) is 4.90 Å². The summed E-state index contributed by atoms with van der Waals surface area (Å²) < 4.78 is 42.6. The maximum Gasteiger partial charge on any atom is 0.321 e. The van der Waals surface area contributed by atoms with Gasteiger partial charge < -0.3 is 19.2 Å². The van der Waals surface area contributed by atoms with E-state index in [4.69, 9.17) is 13.9 Å². The van der Waals surface area contributed by atoms with Crippen molar-refractivity contribution in [1.29, 1.82) is 0 Å². The molecule has 3 rings (SSSR count). The molecule has 1 aromatic carbocycles. The van der Waals surface area contributed by atoms with Crippen molar-refractivity contribution in [3.05, 3.63) is 48.7 Å². The van der Waals surface area contributed by atoms with Crippen molar-refractivity contribution < 1.29 is 22.3 Å². The van der Waals surface area contributed by atoms with Gasteiger partial charge in [0, 0.05) is 17.8 Å². The molecule has 9 nitrogen and oxygen atoms in total. The zero-order valence-electron chi connectivity index (χ0n) is 14.0. The Morgan fingerprint density at radius 3 is 2.42 bits per heavy atom. The van der Waals surface area contributed by atoms with E-state index in [0.29, 0.717) is 11.6 Å². The van der Waals surface area contributed by atoms with E-state index in [9.17, 15) is 8.42 Å². The second-order valence-electron chi connectivity index (χ2n) is 5.01. The average Bonchev–Trinajstić information content (AvgIpc) is 3.14. The van der Waals surface area contributed by atoms with E-state index < -0.39 is 10.0 Å². The topological polar surface area (TPSA) is 116 Å². The van der Waals surface area contributed by atoms with Gasteiger partial charge in [0.25, 0.3) is 10.0 Å². The van der Waals surface area contributed by atoms with Crippen LogP contribution in [-0.4, -0.2) is 32.6 Å². The van der Waals surface area contributed by atoms with Crippen molar-refractivity contribution in [2.24, 2.45) is 0 Å². The lowest BCUT2D eigenvalue weighted by Gasteiger charge is -2.10. The highest BCUT2D eigenvalue weighted by Gasteiger charge is 2.17. The Hall–Kier alpha value is -3.27.